The van der Waals surface area contributed by atoms with Gasteiger partial charge in [0.05, 0.1) is 5.75 Å². The Hall–Kier alpha value is -2.66. The van der Waals surface area contributed by atoms with Gasteiger partial charge in [-0.25, -0.2) is 22.7 Å². The maximum atomic E-state index is 12.8. The first-order valence-corrected chi connectivity index (χ1v) is 12.8. The zero-order chi connectivity index (χ0) is 24.9. The van der Waals surface area contributed by atoms with Crippen LogP contribution in [0.2, 0.25) is 0 Å². The maximum absolute atomic E-state index is 12.8. The number of carboxylic acids is 1. The van der Waals surface area contributed by atoms with Crippen LogP contribution in [0.3, 0.4) is 0 Å². The highest BCUT2D eigenvalue weighted by atomic mass is 32.2. The average molecular weight is 485 g/mol. The Balaban J connectivity index is 2.69. The second-order valence-electron chi connectivity index (χ2n) is 8.20. The van der Waals surface area contributed by atoms with Gasteiger partial charge in [-0.2, -0.15) is 0 Å². The topological polar surface area (TPSA) is 154 Å². The second kappa shape index (κ2) is 14.5. The van der Waals surface area contributed by atoms with Crippen LogP contribution in [0.1, 0.15) is 45.6 Å². The van der Waals surface area contributed by atoms with Crippen LogP contribution in [0, 0.1) is 5.92 Å². The molecule has 0 aliphatic rings. The Morgan fingerprint density at radius 2 is 1.67 bits per heavy atom. The monoisotopic (exact) mass is 484 g/mol. The van der Waals surface area contributed by atoms with Gasteiger partial charge in [0.1, 0.15) is 12.1 Å². The van der Waals surface area contributed by atoms with E-state index in [4.69, 9.17) is 0 Å². The lowest BCUT2D eigenvalue weighted by molar-refractivity contribution is -0.142. The number of unbranched alkanes of at least 4 members (excludes halogenated alkanes) is 1. The van der Waals surface area contributed by atoms with E-state index in [9.17, 15) is 27.9 Å². The molecule has 5 N–H and O–H groups in total. The number of hydrogen-bond acceptors (Lipinski definition) is 5. The molecule has 0 unspecified atom stereocenters. The van der Waals surface area contributed by atoms with Gasteiger partial charge in [-0.1, -0.05) is 44.2 Å². The van der Waals surface area contributed by atoms with Crippen LogP contribution in [0.4, 0.5) is 4.79 Å². The van der Waals surface area contributed by atoms with Gasteiger partial charge in [0.25, 0.3) is 0 Å². The molecule has 1 aromatic rings. The second-order valence-corrected chi connectivity index (χ2v) is 10.1. The van der Waals surface area contributed by atoms with Crippen molar-refractivity contribution >= 4 is 27.9 Å². The third-order valence-electron chi connectivity index (χ3n) is 4.71. The van der Waals surface area contributed by atoms with Gasteiger partial charge in [0, 0.05) is 19.5 Å². The molecular formula is C22H36N4O6S. The van der Waals surface area contributed by atoms with Gasteiger partial charge in [0.15, 0.2) is 0 Å². The number of carbonyl (C=O) groups is 3. The number of nitrogens with one attached hydrogen (secondary N) is 4. The van der Waals surface area contributed by atoms with E-state index in [-0.39, 0.29) is 30.5 Å². The van der Waals surface area contributed by atoms with Crippen molar-refractivity contribution in [3.8, 4) is 0 Å². The Kier molecular flexibility index (Phi) is 12.5. The smallest absolute Gasteiger partial charge is 0.326 e. The first kappa shape index (κ1) is 28.4. The van der Waals surface area contributed by atoms with E-state index in [0.29, 0.717) is 25.9 Å². The van der Waals surface area contributed by atoms with Gasteiger partial charge >= 0.3 is 12.0 Å². The van der Waals surface area contributed by atoms with E-state index in [0.717, 1.165) is 5.56 Å². The first-order chi connectivity index (χ1) is 15.5. The molecule has 0 spiro atoms. The highest BCUT2D eigenvalue weighted by molar-refractivity contribution is 7.89. The molecule has 0 aliphatic carbocycles. The lowest BCUT2D eigenvalue weighted by Crippen LogP contribution is -2.52. The molecular weight excluding hydrogens is 448 g/mol. The third kappa shape index (κ3) is 12.2. The molecule has 2 atom stereocenters. The molecule has 0 aromatic heterocycles. The number of hydrogen-bond donors (Lipinski definition) is 5. The summed E-state index contributed by atoms with van der Waals surface area (Å²) in [5.41, 5.74) is 0.743. The van der Waals surface area contributed by atoms with E-state index in [1.165, 1.54) is 0 Å². The molecule has 0 bridgehead atoms. The number of amides is 3. The van der Waals surface area contributed by atoms with Crippen molar-refractivity contribution in [2.75, 3.05) is 18.8 Å². The molecule has 1 aromatic carbocycles. The zero-order valence-corrected chi connectivity index (χ0v) is 20.3. The molecule has 186 valence electrons. The highest BCUT2D eigenvalue weighted by Crippen LogP contribution is 2.09. The summed E-state index contributed by atoms with van der Waals surface area (Å²) in [5.74, 6) is -2.08. The van der Waals surface area contributed by atoms with E-state index in [1.807, 2.05) is 13.8 Å². The van der Waals surface area contributed by atoms with Crippen LogP contribution in [-0.2, 0) is 26.0 Å². The number of sulfonamides is 1. The summed E-state index contributed by atoms with van der Waals surface area (Å²) in [6, 6.07) is 6.31. The lowest BCUT2D eigenvalue weighted by Gasteiger charge is -2.23. The predicted octanol–water partition coefficient (Wildman–Crippen LogP) is 1.23. The predicted molar refractivity (Wildman–Crippen MR) is 126 cm³/mol. The summed E-state index contributed by atoms with van der Waals surface area (Å²) in [6.45, 7) is 6.32. The quantitative estimate of drug-likeness (QED) is 0.236. The average Bonchev–Trinajstić information content (AvgIpc) is 2.72. The summed E-state index contributed by atoms with van der Waals surface area (Å²) >= 11 is 0. The largest absolute Gasteiger partial charge is 0.480 e. The normalized spacial score (nSPS) is 13.2. The number of urea groups is 1. The van der Waals surface area contributed by atoms with Crippen LogP contribution >= 0.6 is 0 Å². The number of aliphatic carboxylic acids is 1. The molecule has 0 fully saturated rings. The van der Waals surface area contributed by atoms with Gasteiger partial charge in [-0.05, 0) is 37.7 Å². The molecule has 0 heterocycles. The van der Waals surface area contributed by atoms with Crippen LogP contribution in [0.15, 0.2) is 30.3 Å². The Morgan fingerprint density at radius 3 is 2.24 bits per heavy atom. The van der Waals surface area contributed by atoms with E-state index >= 15 is 0 Å². The SMILES string of the molecule is CCNC(=O)NCCCCS(=O)(=O)N[C@@H](CC(C)C)C(=O)N[C@@H](Cc1ccccc1)C(=O)O. The van der Waals surface area contributed by atoms with Gasteiger partial charge in [-0.3, -0.25) is 4.79 Å². The van der Waals surface area contributed by atoms with E-state index in [2.05, 4.69) is 20.7 Å². The molecule has 1 rings (SSSR count). The highest BCUT2D eigenvalue weighted by Gasteiger charge is 2.29. The van der Waals surface area contributed by atoms with Crippen LogP contribution < -0.4 is 20.7 Å². The molecule has 0 aliphatic heterocycles. The van der Waals surface area contributed by atoms with Crippen molar-refractivity contribution in [3.63, 3.8) is 0 Å². The van der Waals surface area contributed by atoms with Crippen molar-refractivity contribution < 1.29 is 27.9 Å². The summed E-state index contributed by atoms with van der Waals surface area (Å²) < 4.78 is 27.5. The number of carboxylic acid groups (broad SMARTS) is 1. The van der Waals surface area contributed by atoms with Crippen molar-refractivity contribution in [1.29, 1.82) is 0 Å². The fourth-order valence-corrected chi connectivity index (χ4v) is 4.46. The third-order valence-corrected chi connectivity index (χ3v) is 6.18. The summed E-state index contributed by atoms with van der Waals surface area (Å²) in [7, 11) is -3.78. The lowest BCUT2D eigenvalue weighted by atomic mass is 10.0. The van der Waals surface area contributed by atoms with E-state index < -0.39 is 34.0 Å². The van der Waals surface area contributed by atoms with Gasteiger partial charge < -0.3 is 21.1 Å². The minimum absolute atomic E-state index is 0.00197. The molecule has 3 amide bonds. The van der Waals surface area contributed by atoms with Gasteiger partial charge in [-0.15, -0.1) is 0 Å². The Morgan fingerprint density at radius 1 is 1.00 bits per heavy atom. The Labute approximate surface area is 196 Å². The minimum atomic E-state index is -3.78. The number of rotatable bonds is 15. The molecule has 10 nitrogen and oxygen atoms in total. The van der Waals surface area contributed by atoms with Crippen LogP contribution in [0.5, 0.6) is 0 Å². The Bertz CT molecular complexity index is 861. The fraction of sp³-hybridized carbons (Fsp3) is 0.591. The van der Waals surface area contributed by atoms with Crippen molar-refractivity contribution in [2.24, 2.45) is 5.92 Å². The summed E-state index contributed by atoms with van der Waals surface area (Å²) in [6.07, 6.45) is 1.06. The fourth-order valence-electron chi connectivity index (χ4n) is 3.12. The van der Waals surface area contributed by atoms with Crippen molar-refractivity contribution in [2.45, 2.75) is 58.5 Å². The molecule has 0 radical (unpaired) electrons. The minimum Gasteiger partial charge on any atom is -0.480 e. The number of benzene rings is 1. The molecule has 33 heavy (non-hydrogen) atoms. The van der Waals surface area contributed by atoms with Crippen molar-refractivity contribution in [3.05, 3.63) is 35.9 Å². The first-order valence-electron chi connectivity index (χ1n) is 11.1. The van der Waals surface area contributed by atoms with E-state index in [1.54, 1.807) is 37.3 Å². The van der Waals surface area contributed by atoms with Crippen molar-refractivity contribution in [1.82, 2.24) is 20.7 Å². The summed E-state index contributed by atoms with van der Waals surface area (Å²) in [5, 5.41) is 17.2. The molecule has 0 saturated carbocycles. The zero-order valence-electron chi connectivity index (χ0n) is 19.5. The maximum Gasteiger partial charge on any atom is 0.326 e. The standard InChI is InChI=1S/C22H36N4O6S/c1-4-23-22(30)24-12-8-9-13-33(31,32)26-18(14-16(2)3)20(27)25-19(21(28)29)15-17-10-6-5-7-11-17/h5-7,10-11,16,18-19,26H,4,8-9,12-15H2,1-3H3,(H,25,27)(H,28,29)(H2,23,24,30)/t18-,19-/m0/s1. The summed E-state index contributed by atoms with van der Waals surface area (Å²) in [4.78, 5) is 35.8. The van der Waals surface area contributed by atoms with Crippen LogP contribution in [-0.4, -0.2) is 62.4 Å². The van der Waals surface area contributed by atoms with Crippen LogP contribution in [0.25, 0.3) is 0 Å². The molecule has 11 heteroatoms. The number of carbonyl (C=O) groups excluding carboxylic acids is 2. The molecule has 0 saturated heterocycles. The van der Waals surface area contributed by atoms with Gasteiger partial charge in [0.2, 0.25) is 15.9 Å².